The molecule has 2 aromatic carbocycles. The van der Waals surface area contributed by atoms with Gasteiger partial charge in [-0.2, -0.15) is 0 Å². The Bertz CT molecular complexity index is 974. The van der Waals surface area contributed by atoms with E-state index in [-0.39, 0.29) is 11.4 Å². The van der Waals surface area contributed by atoms with Crippen LogP contribution in [0.3, 0.4) is 0 Å². The molecule has 0 bridgehead atoms. The highest BCUT2D eigenvalue weighted by Gasteiger charge is 2.10. The molecule has 3 aromatic rings. The van der Waals surface area contributed by atoms with E-state index in [1.807, 2.05) is 0 Å². The maximum Gasteiger partial charge on any atom is 0.280 e. The lowest BCUT2D eigenvalue weighted by molar-refractivity contribution is 0.627. The van der Waals surface area contributed by atoms with Gasteiger partial charge in [0.15, 0.2) is 0 Å². The molecule has 7 heteroatoms. The first-order chi connectivity index (χ1) is 11.5. The molecule has 3 rings (SSSR count). The summed E-state index contributed by atoms with van der Waals surface area (Å²) in [4.78, 5) is 16.8. The summed E-state index contributed by atoms with van der Waals surface area (Å²) in [6, 6.07) is 10.6. The Hall–Kier alpha value is -2.37. The number of aryl methyl sites for hydroxylation is 1. The second kappa shape index (κ2) is 6.63. The Kier molecular flexibility index (Phi) is 4.55. The van der Waals surface area contributed by atoms with Crippen molar-refractivity contribution < 1.29 is 4.39 Å². The molecular weight excluding hydrogens is 352 g/mol. The number of nitrogens with one attached hydrogen (secondary N) is 1. The number of aromatic nitrogens is 2. The molecule has 1 aromatic heterocycles. The molecule has 0 radical (unpaired) electrons. The number of aliphatic imine (C=N–C) groups is 1. The van der Waals surface area contributed by atoms with Crippen molar-refractivity contribution in [2.75, 3.05) is 0 Å². The third-order valence-corrected chi connectivity index (χ3v) is 4.19. The third-order valence-electron chi connectivity index (χ3n) is 3.45. The predicted octanol–water partition coefficient (Wildman–Crippen LogP) is 4.67. The van der Waals surface area contributed by atoms with Gasteiger partial charge >= 0.3 is 0 Å². The number of hydrogen-bond donors (Lipinski definition) is 1. The van der Waals surface area contributed by atoms with Crippen LogP contribution in [0.15, 0.2) is 52.3 Å². The predicted molar refractivity (Wildman–Crippen MR) is 94.8 cm³/mol. The summed E-state index contributed by atoms with van der Waals surface area (Å²) in [5.41, 5.74) is 1.90. The fourth-order valence-corrected chi connectivity index (χ4v) is 2.48. The molecule has 0 fully saturated rings. The lowest BCUT2D eigenvalue weighted by Crippen LogP contribution is -2.17. The van der Waals surface area contributed by atoms with E-state index in [4.69, 9.17) is 23.2 Å². The molecule has 0 spiro atoms. The van der Waals surface area contributed by atoms with Crippen molar-refractivity contribution in [2.24, 2.45) is 4.99 Å². The van der Waals surface area contributed by atoms with Crippen molar-refractivity contribution in [2.45, 2.75) is 6.92 Å². The molecule has 0 atom stereocenters. The number of aromatic amines is 1. The van der Waals surface area contributed by atoms with Crippen molar-refractivity contribution in [3.05, 3.63) is 79.9 Å². The van der Waals surface area contributed by atoms with Crippen LogP contribution in [0.2, 0.25) is 10.0 Å². The first kappa shape index (κ1) is 16.5. The number of H-pyrrole nitrogens is 1. The summed E-state index contributed by atoms with van der Waals surface area (Å²) in [7, 11) is 0. The van der Waals surface area contributed by atoms with Crippen LogP contribution in [0.5, 0.6) is 0 Å². The number of hydrogen-bond acceptors (Lipinski definition) is 2. The van der Waals surface area contributed by atoms with Crippen molar-refractivity contribution >= 4 is 35.1 Å². The van der Waals surface area contributed by atoms with Crippen LogP contribution < -0.4 is 5.56 Å². The molecule has 0 aliphatic rings. The van der Waals surface area contributed by atoms with Gasteiger partial charge < -0.3 is 0 Å². The van der Waals surface area contributed by atoms with Gasteiger partial charge in [-0.3, -0.25) is 14.9 Å². The van der Waals surface area contributed by atoms with E-state index in [0.29, 0.717) is 32.7 Å². The Balaban J connectivity index is 1.97. The normalized spacial score (nSPS) is 11.3. The van der Waals surface area contributed by atoms with Crippen LogP contribution >= 0.6 is 23.2 Å². The van der Waals surface area contributed by atoms with E-state index in [1.54, 1.807) is 25.1 Å². The summed E-state index contributed by atoms with van der Waals surface area (Å²) in [5.74, 6) is -0.364. The van der Waals surface area contributed by atoms with Crippen LogP contribution in [-0.2, 0) is 0 Å². The average Bonchev–Trinajstić information content (AvgIpc) is 2.84. The fourth-order valence-electron chi connectivity index (χ4n) is 2.19. The third kappa shape index (κ3) is 3.27. The number of rotatable bonds is 3. The van der Waals surface area contributed by atoms with E-state index in [2.05, 4.69) is 10.1 Å². The highest BCUT2D eigenvalue weighted by molar-refractivity contribution is 6.42. The van der Waals surface area contributed by atoms with Crippen molar-refractivity contribution in [3.8, 4) is 5.69 Å². The largest absolute Gasteiger partial charge is 0.295 e. The molecular formula is C17H12Cl2FN3O. The Labute approximate surface area is 147 Å². The zero-order chi connectivity index (χ0) is 17.3. The summed E-state index contributed by atoms with van der Waals surface area (Å²) < 4.78 is 14.4. The van der Waals surface area contributed by atoms with Gasteiger partial charge in [0.2, 0.25) is 0 Å². The molecule has 4 nitrogen and oxygen atoms in total. The number of benzene rings is 2. The topological polar surface area (TPSA) is 50.1 Å². The van der Waals surface area contributed by atoms with Gasteiger partial charge in [-0.05, 0) is 49.4 Å². The molecule has 122 valence electrons. The maximum atomic E-state index is 13.0. The highest BCUT2D eigenvalue weighted by Crippen LogP contribution is 2.26. The molecule has 1 N–H and O–H groups in total. The maximum absolute atomic E-state index is 13.0. The molecule has 0 aliphatic heterocycles. The van der Waals surface area contributed by atoms with Crippen LogP contribution in [0, 0.1) is 12.7 Å². The van der Waals surface area contributed by atoms with Crippen molar-refractivity contribution in [1.82, 2.24) is 9.78 Å². The summed E-state index contributed by atoms with van der Waals surface area (Å²) >= 11 is 11.8. The van der Waals surface area contributed by atoms with Crippen LogP contribution in [0.25, 0.3) is 5.69 Å². The molecule has 1 heterocycles. The lowest BCUT2D eigenvalue weighted by Gasteiger charge is -2.00. The second-order valence-electron chi connectivity index (χ2n) is 5.12. The van der Waals surface area contributed by atoms with Gasteiger partial charge in [0, 0.05) is 11.9 Å². The van der Waals surface area contributed by atoms with Gasteiger partial charge in [-0.25, -0.2) is 9.07 Å². The minimum atomic E-state index is -0.364. The molecule has 0 aliphatic carbocycles. The fraction of sp³-hybridized carbons (Fsp3) is 0.0588. The Morgan fingerprint density at radius 2 is 1.83 bits per heavy atom. The van der Waals surface area contributed by atoms with Gasteiger partial charge in [-0.1, -0.05) is 23.2 Å². The average molecular weight is 364 g/mol. The highest BCUT2D eigenvalue weighted by atomic mass is 35.5. The summed E-state index contributed by atoms with van der Waals surface area (Å²) in [6.07, 6.45) is 1.47. The molecule has 0 unspecified atom stereocenters. The zero-order valence-corrected chi connectivity index (χ0v) is 14.1. The SMILES string of the molecule is Cc1[nH]n(-c2ccc(F)cc2)c(=O)c1C=Nc1ccc(Cl)c(Cl)c1. The molecule has 0 saturated heterocycles. The number of halogens is 3. The molecule has 24 heavy (non-hydrogen) atoms. The standard InChI is InChI=1S/C17H12Cl2FN3O/c1-10-14(9-21-12-4-7-15(18)16(19)8-12)17(24)23(22-10)13-5-2-11(20)3-6-13/h2-9,22H,1H3. The van der Waals surface area contributed by atoms with E-state index < -0.39 is 0 Å². The molecule has 0 saturated carbocycles. The van der Waals surface area contributed by atoms with Crippen LogP contribution in [0.1, 0.15) is 11.3 Å². The zero-order valence-electron chi connectivity index (χ0n) is 12.6. The summed E-state index contributed by atoms with van der Waals surface area (Å²) in [5, 5.41) is 3.78. The van der Waals surface area contributed by atoms with Crippen molar-refractivity contribution in [3.63, 3.8) is 0 Å². The quantitative estimate of drug-likeness (QED) is 0.675. The van der Waals surface area contributed by atoms with Gasteiger partial charge in [-0.15, -0.1) is 0 Å². The lowest BCUT2D eigenvalue weighted by atomic mass is 10.2. The van der Waals surface area contributed by atoms with E-state index in [0.717, 1.165) is 0 Å². The monoisotopic (exact) mass is 363 g/mol. The van der Waals surface area contributed by atoms with Crippen molar-refractivity contribution in [1.29, 1.82) is 0 Å². The van der Waals surface area contributed by atoms with Gasteiger partial charge in [0.25, 0.3) is 5.56 Å². The number of nitrogens with zero attached hydrogens (tertiary/aromatic N) is 2. The smallest absolute Gasteiger partial charge is 0.280 e. The Morgan fingerprint density at radius 1 is 1.12 bits per heavy atom. The van der Waals surface area contributed by atoms with Gasteiger partial charge in [0.05, 0.1) is 27.0 Å². The first-order valence-corrected chi connectivity index (χ1v) is 7.78. The first-order valence-electron chi connectivity index (χ1n) is 7.02. The van der Waals surface area contributed by atoms with E-state index >= 15 is 0 Å². The van der Waals surface area contributed by atoms with E-state index in [9.17, 15) is 9.18 Å². The second-order valence-corrected chi connectivity index (χ2v) is 5.94. The van der Waals surface area contributed by atoms with Gasteiger partial charge in [0.1, 0.15) is 5.82 Å². The Morgan fingerprint density at radius 3 is 2.50 bits per heavy atom. The minimum Gasteiger partial charge on any atom is -0.295 e. The van der Waals surface area contributed by atoms with Crippen LogP contribution in [-0.4, -0.2) is 16.0 Å². The molecule has 0 amide bonds. The van der Waals surface area contributed by atoms with E-state index in [1.165, 1.54) is 35.2 Å². The van der Waals surface area contributed by atoms with Crippen LogP contribution in [0.4, 0.5) is 10.1 Å². The minimum absolute atomic E-state index is 0.275. The summed E-state index contributed by atoms with van der Waals surface area (Å²) in [6.45, 7) is 1.76.